The Morgan fingerprint density at radius 3 is 2.65 bits per heavy atom. The molecule has 1 heterocycles. The highest BCUT2D eigenvalue weighted by atomic mass is 35.5. The Morgan fingerprint density at radius 1 is 1.40 bits per heavy atom. The van der Waals surface area contributed by atoms with Crippen LogP contribution in [0.4, 0.5) is 13.2 Å². The largest absolute Gasteiger partial charge is 0.416 e. The van der Waals surface area contributed by atoms with Gasteiger partial charge in [0, 0.05) is 0 Å². The average molecular weight is 306 g/mol. The second kappa shape index (κ2) is 5.41. The zero-order valence-electron chi connectivity index (χ0n) is 10.4. The molecule has 2 rings (SSSR count). The molecule has 1 N–H and O–H groups in total. The Labute approximate surface area is 117 Å². The first-order valence-corrected chi connectivity index (χ1v) is 6.18. The van der Waals surface area contributed by atoms with Crippen LogP contribution in [0.15, 0.2) is 24.4 Å². The van der Waals surface area contributed by atoms with Crippen LogP contribution >= 0.6 is 11.6 Å². The van der Waals surface area contributed by atoms with Gasteiger partial charge in [0.2, 0.25) is 0 Å². The van der Waals surface area contributed by atoms with Crippen molar-refractivity contribution < 1.29 is 18.3 Å². The summed E-state index contributed by atoms with van der Waals surface area (Å²) in [6.45, 7) is 1.77. The van der Waals surface area contributed by atoms with Gasteiger partial charge in [-0.1, -0.05) is 23.7 Å². The molecule has 0 aliphatic rings. The van der Waals surface area contributed by atoms with Crippen LogP contribution in [0.1, 0.15) is 30.7 Å². The number of hydrogen-bond donors (Lipinski definition) is 1. The molecule has 0 aliphatic carbocycles. The number of halogens is 4. The van der Waals surface area contributed by atoms with E-state index in [9.17, 15) is 18.3 Å². The Balaban J connectivity index is 2.36. The lowest BCUT2D eigenvalue weighted by atomic mass is 10.2. The van der Waals surface area contributed by atoms with E-state index in [0.29, 0.717) is 12.1 Å². The smallest absolute Gasteiger partial charge is 0.387 e. The van der Waals surface area contributed by atoms with Crippen molar-refractivity contribution in [3.05, 3.63) is 40.7 Å². The molecule has 0 fully saturated rings. The number of aliphatic hydroxyl groups excluding tert-OH is 1. The summed E-state index contributed by atoms with van der Waals surface area (Å²) >= 11 is 5.84. The van der Waals surface area contributed by atoms with Crippen LogP contribution in [-0.4, -0.2) is 20.1 Å². The highest BCUT2D eigenvalue weighted by molar-refractivity contribution is 6.32. The standard InChI is InChI=1S/C12H11ClF3N3O/c1-2-11(20)9-6-19(18-17-9)10-4-3-7(5-8(10)13)12(14,15)16/h3-6,11,20H,2H2,1H3. The van der Waals surface area contributed by atoms with Crippen molar-refractivity contribution in [2.45, 2.75) is 25.6 Å². The van der Waals surface area contributed by atoms with E-state index in [1.54, 1.807) is 6.92 Å². The van der Waals surface area contributed by atoms with Crippen molar-refractivity contribution in [3.63, 3.8) is 0 Å². The number of aliphatic hydroxyl groups is 1. The number of benzene rings is 1. The maximum Gasteiger partial charge on any atom is 0.416 e. The van der Waals surface area contributed by atoms with Gasteiger partial charge in [0.05, 0.1) is 28.6 Å². The fourth-order valence-corrected chi connectivity index (χ4v) is 1.89. The molecule has 108 valence electrons. The van der Waals surface area contributed by atoms with Gasteiger partial charge in [0.15, 0.2) is 0 Å². The molecule has 1 aromatic carbocycles. The van der Waals surface area contributed by atoms with Crippen molar-refractivity contribution >= 4 is 11.6 Å². The number of alkyl halides is 3. The van der Waals surface area contributed by atoms with Crippen molar-refractivity contribution in [3.8, 4) is 5.69 Å². The van der Waals surface area contributed by atoms with Gasteiger partial charge in [0.1, 0.15) is 5.69 Å². The van der Waals surface area contributed by atoms with E-state index in [1.807, 2.05) is 0 Å². The summed E-state index contributed by atoms with van der Waals surface area (Å²) in [7, 11) is 0. The molecule has 2 aromatic rings. The Bertz CT molecular complexity index is 612. The van der Waals surface area contributed by atoms with Gasteiger partial charge in [-0.3, -0.25) is 0 Å². The molecule has 20 heavy (non-hydrogen) atoms. The summed E-state index contributed by atoms with van der Waals surface area (Å²) in [5.41, 5.74) is -0.231. The highest BCUT2D eigenvalue weighted by Crippen LogP contribution is 2.33. The van der Waals surface area contributed by atoms with E-state index in [4.69, 9.17) is 11.6 Å². The van der Waals surface area contributed by atoms with Crippen molar-refractivity contribution in [2.24, 2.45) is 0 Å². The first-order chi connectivity index (χ1) is 9.32. The minimum atomic E-state index is -4.45. The van der Waals surface area contributed by atoms with Crippen molar-refractivity contribution in [1.82, 2.24) is 15.0 Å². The molecule has 1 atom stereocenters. The van der Waals surface area contributed by atoms with Gasteiger partial charge in [-0.15, -0.1) is 5.10 Å². The van der Waals surface area contributed by atoms with Gasteiger partial charge in [0.25, 0.3) is 0 Å². The number of aromatic nitrogens is 3. The second-order valence-electron chi connectivity index (χ2n) is 4.18. The zero-order chi connectivity index (χ0) is 14.9. The van der Waals surface area contributed by atoms with Crippen LogP contribution in [-0.2, 0) is 6.18 Å². The van der Waals surface area contributed by atoms with E-state index < -0.39 is 17.8 Å². The molecule has 4 nitrogen and oxygen atoms in total. The highest BCUT2D eigenvalue weighted by Gasteiger charge is 2.31. The third-order valence-electron chi connectivity index (χ3n) is 2.76. The zero-order valence-corrected chi connectivity index (χ0v) is 11.2. The predicted molar refractivity (Wildman–Crippen MR) is 66.6 cm³/mol. The third-order valence-corrected chi connectivity index (χ3v) is 3.06. The van der Waals surface area contributed by atoms with Crippen LogP contribution in [0.3, 0.4) is 0 Å². The molecule has 0 saturated carbocycles. The lowest BCUT2D eigenvalue weighted by Gasteiger charge is -2.09. The van der Waals surface area contributed by atoms with Crippen LogP contribution < -0.4 is 0 Å². The molecule has 1 unspecified atom stereocenters. The maximum atomic E-state index is 12.5. The van der Waals surface area contributed by atoms with Crippen LogP contribution in [0.5, 0.6) is 0 Å². The first-order valence-electron chi connectivity index (χ1n) is 5.80. The number of nitrogens with zero attached hydrogens (tertiary/aromatic N) is 3. The third kappa shape index (κ3) is 2.94. The lowest BCUT2D eigenvalue weighted by Crippen LogP contribution is -2.06. The van der Waals surface area contributed by atoms with E-state index in [-0.39, 0.29) is 10.7 Å². The molecule has 0 amide bonds. The SMILES string of the molecule is CCC(O)c1cn(-c2ccc(C(F)(F)F)cc2Cl)nn1. The summed E-state index contributed by atoms with van der Waals surface area (Å²) in [6.07, 6.45) is -3.33. The van der Waals surface area contributed by atoms with E-state index in [1.165, 1.54) is 16.9 Å². The van der Waals surface area contributed by atoms with Gasteiger partial charge >= 0.3 is 6.18 Å². The monoisotopic (exact) mass is 305 g/mol. The number of hydrogen-bond acceptors (Lipinski definition) is 3. The molecule has 0 saturated heterocycles. The van der Waals surface area contributed by atoms with Gasteiger partial charge in [-0.2, -0.15) is 13.2 Å². The Morgan fingerprint density at radius 2 is 2.10 bits per heavy atom. The van der Waals surface area contributed by atoms with Crippen LogP contribution in [0.2, 0.25) is 5.02 Å². The Kier molecular flexibility index (Phi) is 4.01. The van der Waals surface area contributed by atoms with Gasteiger partial charge in [-0.05, 0) is 24.6 Å². The molecule has 0 bridgehead atoms. The molecule has 0 spiro atoms. The Hall–Kier alpha value is -1.60. The molecular formula is C12H11ClF3N3O. The van der Waals surface area contributed by atoms with Crippen molar-refractivity contribution in [1.29, 1.82) is 0 Å². The summed E-state index contributed by atoms with van der Waals surface area (Å²) < 4.78 is 38.8. The quantitative estimate of drug-likeness (QED) is 0.945. The van der Waals surface area contributed by atoms with Gasteiger partial charge < -0.3 is 5.11 Å². The topological polar surface area (TPSA) is 50.9 Å². The second-order valence-corrected chi connectivity index (χ2v) is 4.58. The molecule has 0 aliphatic heterocycles. The summed E-state index contributed by atoms with van der Waals surface area (Å²) in [6, 6.07) is 2.95. The van der Waals surface area contributed by atoms with Gasteiger partial charge in [-0.25, -0.2) is 4.68 Å². The maximum absolute atomic E-state index is 12.5. The number of rotatable bonds is 3. The van der Waals surface area contributed by atoms with Crippen molar-refractivity contribution in [2.75, 3.05) is 0 Å². The summed E-state index contributed by atoms with van der Waals surface area (Å²) in [4.78, 5) is 0. The average Bonchev–Trinajstić information content (AvgIpc) is 2.86. The molecule has 1 aromatic heterocycles. The summed E-state index contributed by atoms with van der Waals surface area (Å²) in [5, 5.41) is 17.0. The fourth-order valence-electron chi connectivity index (χ4n) is 1.63. The predicted octanol–water partition coefficient (Wildman–Crippen LogP) is 3.38. The van der Waals surface area contributed by atoms with E-state index in [2.05, 4.69) is 10.3 Å². The molecule has 8 heteroatoms. The minimum Gasteiger partial charge on any atom is -0.387 e. The first kappa shape index (κ1) is 14.8. The normalized spacial score (nSPS) is 13.5. The van der Waals surface area contributed by atoms with E-state index >= 15 is 0 Å². The van der Waals surface area contributed by atoms with E-state index in [0.717, 1.165) is 12.1 Å². The van der Waals surface area contributed by atoms with Crippen LogP contribution in [0.25, 0.3) is 5.69 Å². The minimum absolute atomic E-state index is 0.0951. The fraction of sp³-hybridized carbons (Fsp3) is 0.333. The molecular weight excluding hydrogens is 295 g/mol. The van der Waals surface area contributed by atoms with Crippen LogP contribution in [0, 0.1) is 0 Å². The molecule has 0 radical (unpaired) electrons. The summed E-state index contributed by atoms with van der Waals surface area (Å²) in [5.74, 6) is 0. The lowest BCUT2D eigenvalue weighted by molar-refractivity contribution is -0.137.